The van der Waals surface area contributed by atoms with Gasteiger partial charge in [-0.05, 0) is 25.7 Å². The number of nitrogens with zero attached hydrogens (tertiary/aromatic N) is 1. The molecule has 1 fully saturated rings. The van der Waals surface area contributed by atoms with Gasteiger partial charge in [-0.1, -0.05) is 6.92 Å². The van der Waals surface area contributed by atoms with E-state index in [1.54, 1.807) is 7.11 Å². The van der Waals surface area contributed by atoms with Gasteiger partial charge in [0.25, 0.3) is 0 Å². The maximum absolute atomic E-state index is 5.25. The van der Waals surface area contributed by atoms with Crippen LogP contribution < -0.4 is 0 Å². The summed E-state index contributed by atoms with van der Waals surface area (Å²) in [6.07, 6.45) is 2.96. The minimum atomic E-state index is 0.308. The number of ether oxygens (including phenoxy) is 1. The molecule has 1 saturated heterocycles. The van der Waals surface area contributed by atoms with Crippen molar-refractivity contribution in [2.75, 3.05) is 20.2 Å². The first-order valence-electron chi connectivity index (χ1n) is 4.51. The van der Waals surface area contributed by atoms with Crippen molar-refractivity contribution in [3.8, 4) is 0 Å². The van der Waals surface area contributed by atoms with Gasteiger partial charge in [-0.25, -0.2) is 0 Å². The summed E-state index contributed by atoms with van der Waals surface area (Å²) in [5.74, 6) is 0.912. The molecule has 0 N–H and O–H groups in total. The number of likely N-dealkylation sites (tertiary alicyclic amines) is 1. The number of methoxy groups -OCH3 is 1. The average molecular weight is 157 g/mol. The Hall–Kier alpha value is -0.0800. The van der Waals surface area contributed by atoms with Gasteiger partial charge in [0.1, 0.15) is 6.23 Å². The van der Waals surface area contributed by atoms with Crippen molar-refractivity contribution in [2.24, 2.45) is 5.92 Å². The van der Waals surface area contributed by atoms with Crippen LogP contribution in [0.5, 0.6) is 0 Å². The molecule has 0 aliphatic carbocycles. The topological polar surface area (TPSA) is 12.5 Å². The third kappa shape index (κ3) is 2.46. The standard InChI is InChI=1S/C9H19NO/c1-8-4-6-10(7-5-8)9(2)11-3/h8-9H,4-7H2,1-3H3. The highest BCUT2D eigenvalue weighted by Crippen LogP contribution is 2.17. The van der Waals surface area contributed by atoms with Crippen LogP contribution in [0, 0.1) is 5.92 Å². The van der Waals surface area contributed by atoms with Gasteiger partial charge in [0.15, 0.2) is 0 Å². The Morgan fingerprint density at radius 3 is 2.36 bits per heavy atom. The molecule has 1 rings (SSSR count). The molecule has 0 spiro atoms. The first-order valence-corrected chi connectivity index (χ1v) is 4.51. The second-order valence-electron chi connectivity index (χ2n) is 3.55. The third-order valence-electron chi connectivity index (χ3n) is 2.67. The van der Waals surface area contributed by atoms with Crippen molar-refractivity contribution in [1.29, 1.82) is 0 Å². The maximum Gasteiger partial charge on any atom is 0.107 e. The number of hydrogen-bond donors (Lipinski definition) is 0. The lowest BCUT2D eigenvalue weighted by atomic mass is 9.99. The molecule has 0 saturated carbocycles. The summed E-state index contributed by atoms with van der Waals surface area (Å²) in [7, 11) is 1.78. The van der Waals surface area contributed by atoms with Crippen LogP contribution >= 0.6 is 0 Å². The van der Waals surface area contributed by atoms with Gasteiger partial charge in [0.05, 0.1) is 0 Å². The highest BCUT2D eigenvalue weighted by Gasteiger charge is 2.19. The molecule has 11 heavy (non-hydrogen) atoms. The lowest BCUT2D eigenvalue weighted by Gasteiger charge is -2.33. The summed E-state index contributed by atoms with van der Waals surface area (Å²) < 4.78 is 5.25. The molecule has 1 unspecified atom stereocenters. The quantitative estimate of drug-likeness (QED) is 0.605. The van der Waals surface area contributed by atoms with Gasteiger partial charge in [0.2, 0.25) is 0 Å². The van der Waals surface area contributed by atoms with Crippen molar-refractivity contribution in [3.63, 3.8) is 0 Å². The molecule has 0 aromatic rings. The van der Waals surface area contributed by atoms with Crippen LogP contribution in [0.1, 0.15) is 26.7 Å². The molecule has 1 aliphatic rings. The summed E-state index contributed by atoms with van der Waals surface area (Å²) in [6.45, 7) is 6.86. The highest BCUT2D eigenvalue weighted by atomic mass is 16.5. The van der Waals surface area contributed by atoms with E-state index in [-0.39, 0.29) is 0 Å². The fourth-order valence-corrected chi connectivity index (χ4v) is 1.54. The highest BCUT2D eigenvalue weighted by molar-refractivity contribution is 4.69. The molecule has 1 atom stereocenters. The monoisotopic (exact) mass is 157 g/mol. The summed E-state index contributed by atoms with van der Waals surface area (Å²) in [5.41, 5.74) is 0. The third-order valence-corrected chi connectivity index (χ3v) is 2.67. The molecule has 2 heteroatoms. The predicted octanol–water partition coefficient (Wildman–Crippen LogP) is 1.71. The van der Waals surface area contributed by atoms with E-state index in [1.807, 2.05) is 0 Å². The van der Waals surface area contributed by atoms with Crippen LogP contribution in [0.4, 0.5) is 0 Å². The maximum atomic E-state index is 5.25. The van der Waals surface area contributed by atoms with E-state index in [0.29, 0.717) is 6.23 Å². The Morgan fingerprint density at radius 2 is 1.91 bits per heavy atom. The molecule has 66 valence electrons. The Bertz CT molecular complexity index is 108. The van der Waals surface area contributed by atoms with Gasteiger partial charge >= 0.3 is 0 Å². The molecule has 0 aromatic heterocycles. The summed E-state index contributed by atoms with van der Waals surface area (Å²) in [4.78, 5) is 2.40. The first kappa shape index (κ1) is 9.01. The van der Waals surface area contributed by atoms with Crippen LogP contribution in [0.2, 0.25) is 0 Å². The van der Waals surface area contributed by atoms with Crippen LogP contribution in [-0.4, -0.2) is 31.3 Å². The van der Waals surface area contributed by atoms with E-state index >= 15 is 0 Å². The minimum Gasteiger partial charge on any atom is -0.367 e. The van der Waals surface area contributed by atoms with Gasteiger partial charge < -0.3 is 4.74 Å². The van der Waals surface area contributed by atoms with Crippen LogP contribution in [-0.2, 0) is 4.74 Å². The van der Waals surface area contributed by atoms with Gasteiger partial charge in [-0.2, -0.15) is 0 Å². The Labute approximate surface area is 69.5 Å². The molecule has 1 heterocycles. The molecule has 0 bridgehead atoms. The van der Waals surface area contributed by atoms with Crippen molar-refractivity contribution >= 4 is 0 Å². The fourth-order valence-electron chi connectivity index (χ4n) is 1.54. The molecular weight excluding hydrogens is 138 g/mol. The Morgan fingerprint density at radius 1 is 1.36 bits per heavy atom. The summed E-state index contributed by atoms with van der Waals surface area (Å²) in [6, 6.07) is 0. The second-order valence-corrected chi connectivity index (χ2v) is 3.55. The number of rotatable bonds is 2. The largest absolute Gasteiger partial charge is 0.367 e. The zero-order chi connectivity index (χ0) is 8.27. The van der Waals surface area contributed by atoms with Gasteiger partial charge in [-0.15, -0.1) is 0 Å². The number of piperidine rings is 1. The molecule has 0 radical (unpaired) electrons. The SMILES string of the molecule is COC(C)N1CCC(C)CC1. The molecule has 0 aromatic carbocycles. The molecule has 1 aliphatic heterocycles. The zero-order valence-corrected chi connectivity index (χ0v) is 7.84. The summed E-state index contributed by atoms with van der Waals surface area (Å²) >= 11 is 0. The Kier molecular flexibility index (Phi) is 3.34. The number of hydrogen-bond acceptors (Lipinski definition) is 2. The van der Waals surface area contributed by atoms with E-state index in [4.69, 9.17) is 4.74 Å². The average Bonchev–Trinajstić information content (AvgIpc) is 2.05. The summed E-state index contributed by atoms with van der Waals surface area (Å²) in [5, 5.41) is 0. The van der Waals surface area contributed by atoms with Gasteiger partial charge in [0, 0.05) is 20.2 Å². The van der Waals surface area contributed by atoms with E-state index in [9.17, 15) is 0 Å². The minimum absolute atomic E-state index is 0.308. The Balaban J connectivity index is 2.27. The zero-order valence-electron chi connectivity index (χ0n) is 7.84. The molecule has 0 amide bonds. The van der Waals surface area contributed by atoms with Crippen molar-refractivity contribution in [3.05, 3.63) is 0 Å². The second kappa shape index (κ2) is 4.07. The fraction of sp³-hybridized carbons (Fsp3) is 1.00. The predicted molar refractivity (Wildman–Crippen MR) is 46.4 cm³/mol. The van der Waals surface area contributed by atoms with Gasteiger partial charge in [-0.3, -0.25) is 4.90 Å². The van der Waals surface area contributed by atoms with Crippen molar-refractivity contribution < 1.29 is 4.74 Å². The van der Waals surface area contributed by atoms with E-state index < -0.39 is 0 Å². The van der Waals surface area contributed by atoms with E-state index in [1.165, 1.54) is 25.9 Å². The van der Waals surface area contributed by atoms with E-state index in [2.05, 4.69) is 18.7 Å². The lowest BCUT2D eigenvalue weighted by Crippen LogP contribution is -2.40. The van der Waals surface area contributed by atoms with Crippen LogP contribution in [0.25, 0.3) is 0 Å². The van der Waals surface area contributed by atoms with Crippen molar-refractivity contribution in [1.82, 2.24) is 4.90 Å². The molecule has 2 nitrogen and oxygen atoms in total. The van der Waals surface area contributed by atoms with Crippen molar-refractivity contribution in [2.45, 2.75) is 32.9 Å². The van der Waals surface area contributed by atoms with Crippen LogP contribution in [0.15, 0.2) is 0 Å². The molecular formula is C9H19NO. The smallest absolute Gasteiger partial charge is 0.107 e. The lowest BCUT2D eigenvalue weighted by molar-refractivity contribution is -0.0339. The normalized spacial score (nSPS) is 25.4. The van der Waals surface area contributed by atoms with E-state index in [0.717, 1.165) is 5.92 Å². The first-order chi connectivity index (χ1) is 5.24. The van der Waals surface area contributed by atoms with Crippen LogP contribution in [0.3, 0.4) is 0 Å².